The third kappa shape index (κ3) is 3.64. The number of hydrogen-bond donors (Lipinski definition) is 0. The average molecular weight is 343 g/mol. The highest BCUT2D eigenvalue weighted by atomic mass is 79.9. The average Bonchev–Trinajstić information content (AvgIpc) is 2.46. The van der Waals surface area contributed by atoms with Gasteiger partial charge in [-0.3, -0.25) is 4.79 Å². The van der Waals surface area contributed by atoms with Crippen LogP contribution in [0.15, 0.2) is 22.7 Å². The number of carbonyl (C=O) groups excluding carboxylic acids is 1. The lowest BCUT2D eigenvalue weighted by Gasteiger charge is -2.32. The number of amides is 1. The maximum Gasteiger partial charge on any atom is 0.260 e. The SMILES string of the molecule is COc1cccc(OCC(=O)N2CCN(C)CC2)c1Br. The highest BCUT2D eigenvalue weighted by Gasteiger charge is 2.19. The van der Waals surface area contributed by atoms with E-state index in [2.05, 4.69) is 27.9 Å². The molecule has 1 aromatic rings. The number of methoxy groups -OCH3 is 1. The second kappa shape index (κ2) is 6.95. The van der Waals surface area contributed by atoms with Gasteiger partial charge in [-0.05, 0) is 35.1 Å². The Hall–Kier alpha value is -1.27. The molecule has 1 saturated heterocycles. The van der Waals surface area contributed by atoms with Crippen molar-refractivity contribution in [2.24, 2.45) is 0 Å². The lowest BCUT2D eigenvalue weighted by Crippen LogP contribution is -2.48. The molecule has 5 nitrogen and oxygen atoms in total. The van der Waals surface area contributed by atoms with E-state index in [1.54, 1.807) is 7.11 Å². The third-order valence-electron chi connectivity index (χ3n) is 3.35. The molecular formula is C14H19BrN2O3. The number of benzene rings is 1. The Bertz CT molecular complexity index is 473. The van der Waals surface area contributed by atoms with Crippen molar-refractivity contribution in [3.63, 3.8) is 0 Å². The van der Waals surface area contributed by atoms with Gasteiger partial charge in [-0.15, -0.1) is 0 Å². The van der Waals surface area contributed by atoms with Crippen LogP contribution in [0.2, 0.25) is 0 Å². The van der Waals surface area contributed by atoms with Gasteiger partial charge in [0.1, 0.15) is 16.0 Å². The molecule has 110 valence electrons. The van der Waals surface area contributed by atoms with E-state index in [0.717, 1.165) is 30.7 Å². The first-order chi connectivity index (χ1) is 9.61. The summed E-state index contributed by atoms with van der Waals surface area (Å²) in [5.41, 5.74) is 0. The third-order valence-corrected chi connectivity index (χ3v) is 4.14. The fourth-order valence-electron chi connectivity index (χ4n) is 2.05. The van der Waals surface area contributed by atoms with E-state index in [1.165, 1.54) is 0 Å². The largest absolute Gasteiger partial charge is 0.495 e. The van der Waals surface area contributed by atoms with Crippen molar-refractivity contribution >= 4 is 21.8 Å². The van der Waals surface area contributed by atoms with Gasteiger partial charge in [-0.2, -0.15) is 0 Å². The molecule has 1 amide bonds. The standard InChI is InChI=1S/C14H19BrN2O3/c1-16-6-8-17(9-7-16)13(18)10-20-12-5-3-4-11(19-2)14(12)15/h3-5H,6-10H2,1-2H3. The van der Waals surface area contributed by atoms with Crippen LogP contribution < -0.4 is 9.47 Å². The fraction of sp³-hybridized carbons (Fsp3) is 0.500. The van der Waals surface area contributed by atoms with Crippen molar-refractivity contribution in [2.45, 2.75) is 0 Å². The Balaban J connectivity index is 1.90. The number of halogens is 1. The van der Waals surface area contributed by atoms with Crippen molar-refractivity contribution in [3.8, 4) is 11.5 Å². The van der Waals surface area contributed by atoms with Gasteiger partial charge in [-0.1, -0.05) is 6.07 Å². The van der Waals surface area contributed by atoms with Crippen LogP contribution in [0, 0.1) is 0 Å². The highest BCUT2D eigenvalue weighted by molar-refractivity contribution is 9.10. The van der Waals surface area contributed by atoms with Gasteiger partial charge >= 0.3 is 0 Å². The van der Waals surface area contributed by atoms with Crippen molar-refractivity contribution in [3.05, 3.63) is 22.7 Å². The van der Waals surface area contributed by atoms with Crippen molar-refractivity contribution in [1.82, 2.24) is 9.80 Å². The van der Waals surface area contributed by atoms with Crippen LogP contribution in [0.1, 0.15) is 0 Å². The van der Waals surface area contributed by atoms with E-state index in [1.807, 2.05) is 23.1 Å². The van der Waals surface area contributed by atoms with Crippen LogP contribution >= 0.6 is 15.9 Å². The van der Waals surface area contributed by atoms with Gasteiger partial charge in [0.2, 0.25) is 0 Å². The molecule has 1 fully saturated rings. The molecule has 0 aliphatic carbocycles. The number of hydrogen-bond acceptors (Lipinski definition) is 4. The zero-order chi connectivity index (χ0) is 14.5. The van der Waals surface area contributed by atoms with E-state index in [-0.39, 0.29) is 12.5 Å². The molecule has 20 heavy (non-hydrogen) atoms. The molecule has 0 unspecified atom stereocenters. The van der Waals surface area contributed by atoms with Gasteiger partial charge in [0.05, 0.1) is 7.11 Å². The molecule has 6 heteroatoms. The van der Waals surface area contributed by atoms with E-state index in [4.69, 9.17) is 9.47 Å². The Kier molecular flexibility index (Phi) is 5.25. The number of rotatable bonds is 4. The zero-order valence-electron chi connectivity index (χ0n) is 11.8. The summed E-state index contributed by atoms with van der Waals surface area (Å²) in [5, 5.41) is 0. The Morgan fingerprint density at radius 1 is 1.25 bits per heavy atom. The molecule has 2 rings (SSSR count). The Morgan fingerprint density at radius 3 is 2.55 bits per heavy atom. The number of piperazine rings is 1. The van der Waals surface area contributed by atoms with Crippen LogP contribution in [-0.2, 0) is 4.79 Å². The molecule has 0 aromatic heterocycles. The first-order valence-electron chi connectivity index (χ1n) is 6.53. The molecule has 0 radical (unpaired) electrons. The highest BCUT2D eigenvalue weighted by Crippen LogP contribution is 2.33. The van der Waals surface area contributed by atoms with Gasteiger partial charge in [0.25, 0.3) is 5.91 Å². The van der Waals surface area contributed by atoms with Gasteiger partial charge in [-0.25, -0.2) is 0 Å². The topological polar surface area (TPSA) is 42.0 Å². The number of ether oxygens (including phenoxy) is 2. The minimum Gasteiger partial charge on any atom is -0.495 e. The molecule has 0 spiro atoms. The van der Waals surface area contributed by atoms with Gasteiger partial charge in [0.15, 0.2) is 6.61 Å². The number of carbonyl (C=O) groups is 1. The minimum atomic E-state index is 0.0211. The van der Waals surface area contributed by atoms with Crippen molar-refractivity contribution in [2.75, 3.05) is 46.9 Å². The summed E-state index contributed by atoms with van der Waals surface area (Å²) in [6.45, 7) is 3.40. The van der Waals surface area contributed by atoms with E-state index < -0.39 is 0 Å². The Morgan fingerprint density at radius 2 is 1.90 bits per heavy atom. The zero-order valence-corrected chi connectivity index (χ0v) is 13.4. The number of nitrogens with zero attached hydrogens (tertiary/aromatic N) is 2. The lowest BCUT2D eigenvalue weighted by molar-refractivity contribution is -0.134. The summed E-state index contributed by atoms with van der Waals surface area (Å²) in [7, 11) is 3.66. The lowest BCUT2D eigenvalue weighted by atomic mass is 10.3. The van der Waals surface area contributed by atoms with Crippen LogP contribution in [0.25, 0.3) is 0 Å². The van der Waals surface area contributed by atoms with Gasteiger partial charge in [0, 0.05) is 26.2 Å². The molecule has 1 aromatic carbocycles. The summed E-state index contributed by atoms with van der Waals surface area (Å²) in [6, 6.07) is 5.47. The monoisotopic (exact) mass is 342 g/mol. The summed E-state index contributed by atoms with van der Waals surface area (Å²) in [6.07, 6.45) is 0. The molecular weight excluding hydrogens is 324 g/mol. The first-order valence-corrected chi connectivity index (χ1v) is 7.32. The van der Waals surface area contributed by atoms with E-state index >= 15 is 0 Å². The molecule has 0 N–H and O–H groups in total. The second-order valence-corrected chi connectivity index (χ2v) is 5.54. The summed E-state index contributed by atoms with van der Waals surface area (Å²) in [4.78, 5) is 16.1. The van der Waals surface area contributed by atoms with Crippen LogP contribution in [-0.4, -0.2) is 62.7 Å². The Labute approximate surface area is 127 Å². The molecule has 0 saturated carbocycles. The van der Waals surface area contributed by atoms with E-state index in [0.29, 0.717) is 11.5 Å². The molecule has 0 bridgehead atoms. The molecule has 0 atom stereocenters. The maximum atomic E-state index is 12.1. The minimum absolute atomic E-state index is 0.0211. The molecule has 1 aliphatic heterocycles. The predicted octanol–water partition coefficient (Wildman–Crippen LogP) is 1.61. The second-order valence-electron chi connectivity index (χ2n) is 4.75. The number of likely N-dealkylation sites (N-methyl/N-ethyl adjacent to an activating group) is 1. The van der Waals surface area contributed by atoms with Crippen LogP contribution in [0.5, 0.6) is 11.5 Å². The maximum absolute atomic E-state index is 12.1. The summed E-state index contributed by atoms with van der Waals surface area (Å²) >= 11 is 3.41. The molecule has 1 aliphatic rings. The van der Waals surface area contributed by atoms with Crippen molar-refractivity contribution in [1.29, 1.82) is 0 Å². The quantitative estimate of drug-likeness (QED) is 0.833. The first kappa shape index (κ1) is 15.1. The van der Waals surface area contributed by atoms with Crippen LogP contribution in [0.3, 0.4) is 0 Å². The predicted molar refractivity (Wildman–Crippen MR) is 80.3 cm³/mol. The van der Waals surface area contributed by atoms with Gasteiger partial charge < -0.3 is 19.3 Å². The smallest absolute Gasteiger partial charge is 0.260 e. The molecule has 1 heterocycles. The van der Waals surface area contributed by atoms with E-state index in [9.17, 15) is 4.79 Å². The summed E-state index contributed by atoms with van der Waals surface area (Å²) < 4.78 is 11.5. The normalized spacial score (nSPS) is 16.1. The fourth-order valence-corrected chi connectivity index (χ4v) is 2.59. The van der Waals surface area contributed by atoms with Crippen LogP contribution in [0.4, 0.5) is 0 Å². The summed E-state index contributed by atoms with van der Waals surface area (Å²) in [5.74, 6) is 1.33. The van der Waals surface area contributed by atoms with Crippen molar-refractivity contribution < 1.29 is 14.3 Å².